The van der Waals surface area contributed by atoms with Crippen molar-refractivity contribution in [2.24, 2.45) is 0 Å². The van der Waals surface area contributed by atoms with Gasteiger partial charge in [0.15, 0.2) is 5.78 Å². The molecule has 0 unspecified atom stereocenters. The second-order valence-corrected chi connectivity index (χ2v) is 2.99. The number of hydrogen-bond acceptors (Lipinski definition) is 3. The number of carbonyl (C=O) groups excluding carboxylic acids is 1. The molecule has 3 heteroatoms. The second kappa shape index (κ2) is 3.01. The molecule has 66 valence electrons. The van der Waals surface area contributed by atoms with Gasteiger partial charge in [0.05, 0.1) is 17.7 Å². The molecule has 1 N–H and O–H groups in total. The summed E-state index contributed by atoms with van der Waals surface area (Å²) in [7, 11) is 0. The monoisotopic (exact) mass is 175 g/mol. The third-order valence-corrected chi connectivity index (χ3v) is 1.96. The van der Waals surface area contributed by atoms with Gasteiger partial charge in [-0.1, -0.05) is 12.1 Å². The number of fused-ring (bicyclic) bond motifs is 1. The minimum atomic E-state index is -0.0295. The van der Waals surface area contributed by atoms with Gasteiger partial charge in [-0.05, 0) is 12.1 Å². The summed E-state index contributed by atoms with van der Waals surface area (Å²) in [5, 5.41) is 7.39. The number of carbonyl (C=O) groups is 1. The molecule has 0 aromatic heterocycles. The van der Waals surface area contributed by atoms with Crippen molar-refractivity contribution in [2.75, 3.05) is 6.61 Å². The van der Waals surface area contributed by atoms with E-state index in [0.717, 1.165) is 0 Å². The molecule has 0 saturated heterocycles. The van der Waals surface area contributed by atoms with Gasteiger partial charge in [-0.25, -0.2) is 0 Å². The molecule has 1 aliphatic rings. The van der Waals surface area contributed by atoms with Gasteiger partial charge in [0.25, 0.3) is 0 Å². The van der Waals surface area contributed by atoms with E-state index in [4.69, 9.17) is 10.1 Å². The van der Waals surface area contributed by atoms with Crippen molar-refractivity contribution in [3.8, 4) is 5.75 Å². The standard InChI is InChI=1S/C10H9NO2/c11-7-5-9(12)8-3-1-2-4-10(8)13-6-7/h1-4,11H,5-6H2. The van der Waals surface area contributed by atoms with Crippen LogP contribution in [0.2, 0.25) is 0 Å². The van der Waals surface area contributed by atoms with E-state index in [9.17, 15) is 4.79 Å². The lowest BCUT2D eigenvalue weighted by Crippen LogP contribution is -2.09. The van der Waals surface area contributed by atoms with Crippen LogP contribution in [0.4, 0.5) is 0 Å². The average molecular weight is 175 g/mol. The fourth-order valence-electron chi connectivity index (χ4n) is 1.33. The highest BCUT2D eigenvalue weighted by molar-refractivity contribution is 6.11. The Bertz CT molecular complexity index is 371. The second-order valence-electron chi connectivity index (χ2n) is 2.99. The van der Waals surface area contributed by atoms with E-state index in [1.54, 1.807) is 18.2 Å². The summed E-state index contributed by atoms with van der Waals surface area (Å²) in [5.74, 6) is 0.563. The van der Waals surface area contributed by atoms with Crippen molar-refractivity contribution in [3.05, 3.63) is 29.8 Å². The number of Topliss-reactive ketones (excluding diaryl/α,β-unsaturated/α-hetero) is 1. The molecule has 0 radical (unpaired) electrons. The molecule has 1 heterocycles. The molecular weight excluding hydrogens is 166 g/mol. The van der Waals surface area contributed by atoms with Crippen molar-refractivity contribution in [1.29, 1.82) is 5.41 Å². The average Bonchev–Trinajstić information content (AvgIpc) is 2.27. The van der Waals surface area contributed by atoms with Crippen molar-refractivity contribution in [1.82, 2.24) is 0 Å². The number of ether oxygens (including phenoxy) is 1. The first-order chi connectivity index (χ1) is 6.27. The van der Waals surface area contributed by atoms with Crippen LogP contribution in [0, 0.1) is 5.41 Å². The molecule has 13 heavy (non-hydrogen) atoms. The molecular formula is C10H9NO2. The first-order valence-electron chi connectivity index (χ1n) is 4.08. The molecule has 0 bridgehead atoms. The molecule has 0 atom stereocenters. The molecule has 0 amide bonds. The number of rotatable bonds is 0. The summed E-state index contributed by atoms with van der Waals surface area (Å²) in [4.78, 5) is 11.5. The molecule has 0 fully saturated rings. The molecule has 0 saturated carbocycles. The predicted octanol–water partition coefficient (Wildman–Crippen LogP) is 1.67. The van der Waals surface area contributed by atoms with E-state index in [2.05, 4.69) is 0 Å². The Balaban J connectivity index is 2.46. The van der Waals surface area contributed by atoms with E-state index in [0.29, 0.717) is 17.0 Å². The molecule has 2 rings (SSSR count). The van der Waals surface area contributed by atoms with Crippen LogP contribution < -0.4 is 4.74 Å². The first-order valence-corrected chi connectivity index (χ1v) is 4.08. The Labute approximate surface area is 75.8 Å². The smallest absolute Gasteiger partial charge is 0.172 e. The molecule has 0 spiro atoms. The van der Waals surface area contributed by atoms with Crippen LogP contribution in [0.1, 0.15) is 16.8 Å². The van der Waals surface area contributed by atoms with Gasteiger partial charge < -0.3 is 10.1 Å². The Morgan fingerprint density at radius 3 is 2.92 bits per heavy atom. The maximum Gasteiger partial charge on any atom is 0.172 e. The lowest BCUT2D eigenvalue weighted by molar-refractivity contribution is 0.100. The van der Waals surface area contributed by atoms with E-state index < -0.39 is 0 Å². The topological polar surface area (TPSA) is 50.1 Å². The third kappa shape index (κ3) is 1.45. The maximum absolute atomic E-state index is 11.5. The quantitative estimate of drug-likeness (QED) is 0.652. The molecule has 0 aliphatic carbocycles. The van der Waals surface area contributed by atoms with E-state index in [-0.39, 0.29) is 18.8 Å². The van der Waals surface area contributed by atoms with Crippen LogP contribution in [-0.4, -0.2) is 18.1 Å². The van der Waals surface area contributed by atoms with Crippen molar-refractivity contribution < 1.29 is 9.53 Å². The molecule has 1 aromatic rings. The van der Waals surface area contributed by atoms with Crippen molar-refractivity contribution >= 4 is 11.5 Å². The molecule has 1 aromatic carbocycles. The van der Waals surface area contributed by atoms with E-state index in [1.807, 2.05) is 6.07 Å². The SMILES string of the molecule is N=C1COc2ccccc2C(=O)C1. The van der Waals surface area contributed by atoms with Gasteiger partial charge in [0.2, 0.25) is 0 Å². The fourth-order valence-corrected chi connectivity index (χ4v) is 1.33. The van der Waals surface area contributed by atoms with Crippen LogP contribution in [-0.2, 0) is 0 Å². The van der Waals surface area contributed by atoms with Gasteiger partial charge >= 0.3 is 0 Å². The Hall–Kier alpha value is -1.64. The third-order valence-electron chi connectivity index (χ3n) is 1.96. The number of hydrogen-bond donors (Lipinski definition) is 1. The minimum Gasteiger partial charge on any atom is -0.487 e. The van der Waals surface area contributed by atoms with Gasteiger partial charge in [-0.3, -0.25) is 4.79 Å². The van der Waals surface area contributed by atoms with Gasteiger partial charge in [0.1, 0.15) is 12.4 Å². The van der Waals surface area contributed by atoms with Crippen LogP contribution in [0.5, 0.6) is 5.75 Å². The predicted molar refractivity (Wildman–Crippen MR) is 48.6 cm³/mol. The summed E-state index contributed by atoms with van der Waals surface area (Å²) in [6, 6.07) is 7.11. The molecule has 3 nitrogen and oxygen atoms in total. The maximum atomic E-state index is 11.5. The van der Waals surface area contributed by atoms with E-state index >= 15 is 0 Å². The lowest BCUT2D eigenvalue weighted by atomic mass is 10.1. The largest absolute Gasteiger partial charge is 0.487 e. The molecule has 1 aliphatic heterocycles. The van der Waals surface area contributed by atoms with Crippen LogP contribution >= 0.6 is 0 Å². The zero-order chi connectivity index (χ0) is 9.26. The lowest BCUT2D eigenvalue weighted by Gasteiger charge is -2.03. The highest BCUT2D eigenvalue weighted by atomic mass is 16.5. The fraction of sp³-hybridized carbons (Fsp3) is 0.200. The number of ketones is 1. The summed E-state index contributed by atoms with van der Waals surface area (Å²) in [6.07, 6.45) is 0.178. The first kappa shape index (κ1) is 7.98. The summed E-state index contributed by atoms with van der Waals surface area (Å²) >= 11 is 0. The number of para-hydroxylation sites is 1. The Morgan fingerprint density at radius 2 is 2.08 bits per heavy atom. The summed E-state index contributed by atoms with van der Waals surface area (Å²) < 4.78 is 5.29. The highest BCUT2D eigenvalue weighted by Crippen LogP contribution is 2.22. The van der Waals surface area contributed by atoms with E-state index in [1.165, 1.54) is 0 Å². The zero-order valence-corrected chi connectivity index (χ0v) is 7.04. The minimum absolute atomic E-state index is 0.0295. The van der Waals surface area contributed by atoms with Crippen LogP contribution in [0.15, 0.2) is 24.3 Å². The Kier molecular flexibility index (Phi) is 1.85. The number of benzene rings is 1. The normalized spacial score (nSPS) is 16.0. The highest BCUT2D eigenvalue weighted by Gasteiger charge is 2.18. The van der Waals surface area contributed by atoms with Crippen LogP contribution in [0.3, 0.4) is 0 Å². The number of nitrogens with one attached hydrogen (secondary N) is 1. The van der Waals surface area contributed by atoms with Crippen molar-refractivity contribution in [3.63, 3.8) is 0 Å². The van der Waals surface area contributed by atoms with Crippen LogP contribution in [0.25, 0.3) is 0 Å². The van der Waals surface area contributed by atoms with Gasteiger partial charge in [0, 0.05) is 0 Å². The zero-order valence-electron chi connectivity index (χ0n) is 7.04. The van der Waals surface area contributed by atoms with Crippen molar-refractivity contribution in [2.45, 2.75) is 6.42 Å². The summed E-state index contributed by atoms with van der Waals surface area (Å²) in [5.41, 5.74) is 0.922. The Morgan fingerprint density at radius 1 is 1.31 bits per heavy atom. The van der Waals surface area contributed by atoms with Gasteiger partial charge in [-0.15, -0.1) is 0 Å². The van der Waals surface area contributed by atoms with Gasteiger partial charge in [-0.2, -0.15) is 0 Å². The summed E-state index contributed by atoms with van der Waals surface area (Å²) in [6.45, 7) is 0.225.